The van der Waals surface area contributed by atoms with E-state index in [0.29, 0.717) is 17.4 Å². The summed E-state index contributed by atoms with van der Waals surface area (Å²) < 4.78 is 53.2. The van der Waals surface area contributed by atoms with Crippen LogP contribution in [-0.2, 0) is 10.0 Å². The molecule has 0 unspecified atom stereocenters. The van der Waals surface area contributed by atoms with E-state index in [4.69, 9.17) is 0 Å². The van der Waals surface area contributed by atoms with Gasteiger partial charge in [0.1, 0.15) is 0 Å². The van der Waals surface area contributed by atoms with Crippen LogP contribution in [0.25, 0.3) is 0 Å². The fraction of sp³-hybridized carbons (Fsp3) is 0.136. The number of nitrogens with one attached hydrogen (secondary N) is 1. The monoisotopic (exact) mass is 462 g/mol. The number of amides is 1. The molecule has 0 bridgehead atoms. The molecule has 3 aromatic carbocycles. The van der Waals surface area contributed by atoms with E-state index in [2.05, 4.69) is 5.32 Å². The van der Waals surface area contributed by atoms with E-state index in [0.717, 1.165) is 0 Å². The maximum absolute atomic E-state index is 13.2. The molecule has 0 aromatic heterocycles. The van der Waals surface area contributed by atoms with Gasteiger partial charge in [0.05, 0.1) is 16.3 Å². The van der Waals surface area contributed by atoms with Crippen molar-refractivity contribution in [2.75, 3.05) is 16.2 Å². The maximum atomic E-state index is 13.2. The third kappa shape index (κ3) is 5.42. The highest BCUT2D eigenvalue weighted by Crippen LogP contribution is 2.32. The number of sulfonamides is 1. The van der Waals surface area contributed by atoms with Gasteiger partial charge in [-0.2, -0.15) is 8.78 Å². The molecule has 1 amide bonds. The van der Waals surface area contributed by atoms with Gasteiger partial charge in [0.15, 0.2) is 0 Å². The van der Waals surface area contributed by atoms with Gasteiger partial charge in [-0.05, 0) is 49.4 Å². The second-order valence-corrected chi connectivity index (χ2v) is 9.26. The summed E-state index contributed by atoms with van der Waals surface area (Å²) in [6, 6.07) is 20.5. The minimum absolute atomic E-state index is 0.0407. The Morgan fingerprint density at radius 1 is 1.00 bits per heavy atom. The topological polar surface area (TPSA) is 66.5 Å². The Morgan fingerprint density at radius 2 is 1.68 bits per heavy atom. The molecular weight excluding hydrogens is 442 g/mol. The Kier molecular flexibility index (Phi) is 7.29. The Bertz CT molecular complexity index is 1160. The lowest BCUT2D eigenvalue weighted by molar-refractivity contribution is 0.102. The number of benzene rings is 3. The first kappa shape index (κ1) is 22.8. The molecule has 1 N–H and O–H groups in total. The van der Waals surface area contributed by atoms with Crippen LogP contribution in [0.2, 0.25) is 0 Å². The quantitative estimate of drug-likeness (QED) is 0.451. The van der Waals surface area contributed by atoms with Gasteiger partial charge in [-0.25, -0.2) is 8.42 Å². The predicted octanol–water partition coefficient (Wildman–Crippen LogP) is 5.47. The SMILES string of the molecule is CCN(c1ccccc1)S(=O)(=O)c1cccc(C(=O)Nc2ccccc2SC(F)F)c1. The molecular formula is C22H20F2N2O3S2. The number of para-hydroxylation sites is 2. The van der Waals surface area contributed by atoms with Gasteiger partial charge >= 0.3 is 0 Å². The number of alkyl halides is 2. The van der Waals surface area contributed by atoms with E-state index in [1.807, 2.05) is 0 Å². The number of thioether (sulfide) groups is 1. The molecule has 3 aromatic rings. The van der Waals surface area contributed by atoms with Crippen molar-refractivity contribution in [2.45, 2.75) is 22.5 Å². The van der Waals surface area contributed by atoms with Gasteiger partial charge in [-0.1, -0.05) is 48.2 Å². The number of anilines is 2. The number of rotatable bonds is 8. The van der Waals surface area contributed by atoms with Crippen LogP contribution >= 0.6 is 11.8 Å². The van der Waals surface area contributed by atoms with Crippen LogP contribution in [0.5, 0.6) is 0 Å². The minimum atomic E-state index is -3.91. The van der Waals surface area contributed by atoms with E-state index >= 15 is 0 Å². The number of hydrogen-bond acceptors (Lipinski definition) is 4. The number of carbonyl (C=O) groups is 1. The third-order valence-corrected chi connectivity index (χ3v) is 7.05. The molecule has 0 aliphatic carbocycles. The second kappa shape index (κ2) is 9.93. The Labute approximate surface area is 184 Å². The first-order chi connectivity index (χ1) is 14.8. The average Bonchev–Trinajstić information content (AvgIpc) is 2.76. The molecule has 0 heterocycles. The van der Waals surface area contributed by atoms with Crippen molar-refractivity contribution in [2.24, 2.45) is 0 Å². The molecule has 0 atom stereocenters. The summed E-state index contributed by atoms with van der Waals surface area (Å²) in [4.78, 5) is 12.9. The Balaban J connectivity index is 1.89. The molecule has 0 radical (unpaired) electrons. The smallest absolute Gasteiger partial charge is 0.288 e. The molecule has 9 heteroatoms. The molecule has 0 aliphatic rings. The Hall–Kier alpha value is -2.91. The molecule has 0 saturated heterocycles. The molecule has 0 spiro atoms. The lowest BCUT2D eigenvalue weighted by Crippen LogP contribution is -2.31. The largest absolute Gasteiger partial charge is 0.321 e. The zero-order valence-electron chi connectivity index (χ0n) is 16.5. The molecule has 0 saturated carbocycles. The van der Waals surface area contributed by atoms with Gasteiger partial charge < -0.3 is 5.32 Å². The van der Waals surface area contributed by atoms with Crippen LogP contribution in [0, 0.1) is 0 Å². The summed E-state index contributed by atoms with van der Waals surface area (Å²) >= 11 is 0.324. The normalized spacial score (nSPS) is 11.4. The van der Waals surface area contributed by atoms with E-state index < -0.39 is 21.7 Å². The van der Waals surface area contributed by atoms with Crippen molar-refractivity contribution in [1.29, 1.82) is 0 Å². The molecule has 162 valence electrons. The highest BCUT2D eigenvalue weighted by atomic mass is 32.2. The van der Waals surface area contributed by atoms with Gasteiger partial charge in [0.25, 0.3) is 21.7 Å². The number of nitrogens with zero attached hydrogens (tertiary/aromatic N) is 1. The van der Waals surface area contributed by atoms with Crippen LogP contribution in [0.4, 0.5) is 20.2 Å². The van der Waals surface area contributed by atoms with Crippen molar-refractivity contribution in [1.82, 2.24) is 0 Å². The van der Waals surface area contributed by atoms with E-state index in [9.17, 15) is 22.0 Å². The summed E-state index contributed by atoms with van der Waals surface area (Å²) in [6.45, 7) is 1.93. The Morgan fingerprint density at radius 3 is 2.35 bits per heavy atom. The first-order valence-electron chi connectivity index (χ1n) is 9.36. The fourth-order valence-corrected chi connectivity index (χ4v) is 5.09. The first-order valence-corrected chi connectivity index (χ1v) is 11.7. The zero-order chi connectivity index (χ0) is 22.4. The highest BCUT2D eigenvalue weighted by molar-refractivity contribution is 7.99. The predicted molar refractivity (Wildman–Crippen MR) is 119 cm³/mol. The van der Waals surface area contributed by atoms with Gasteiger partial charge in [-0.15, -0.1) is 0 Å². The average molecular weight is 463 g/mol. The van der Waals surface area contributed by atoms with Crippen molar-refractivity contribution < 1.29 is 22.0 Å². The third-order valence-electron chi connectivity index (χ3n) is 4.37. The van der Waals surface area contributed by atoms with Gasteiger partial charge in [-0.3, -0.25) is 9.10 Å². The zero-order valence-corrected chi connectivity index (χ0v) is 18.2. The van der Waals surface area contributed by atoms with E-state index in [-0.39, 0.29) is 27.6 Å². The van der Waals surface area contributed by atoms with Crippen molar-refractivity contribution >= 4 is 39.1 Å². The van der Waals surface area contributed by atoms with Crippen LogP contribution < -0.4 is 9.62 Å². The van der Waals surface area contributed by atoms with Gasteiger partial charge in [0, 0.05) is 17.0 Å². The van der Waals surface area contributed by atoms with E-state index in [1.165, 1.54) is 40.7 Å². The van der Waals surface area contributed by atoms with Crippen molar-refractivity contribution in [3.63, 3.8) is 0 Å². The van der Waals surface area contributed by atoms with Crippen molar-refractivity contribution in [3.8, 4) is 0 Å². The number of halogens is 2. The van der Waals surface area contributed by atoms with Crippen LogP contribution in [0.15, 0.2) is 88.7 Å². The van der Waals surface area contributed by atoms with Crippen LogP contribution in [0.1, 0.15) is 17.3 Å². The van der Waals surface area contributed by atoms with E-state index in [1.54, 1.807) is 49.4 Å². The molecule has 5 nitrogen and oxygen atoms in total. The molecule has 0 fully saturated rings. The number of carbonyl (C=O) groups excluding carboxylic acids is 1. The molecule has 31 heavy (non-hydrogen) atoms. The molecule has 3 rings (SSSR count). The summed E-state index contributed by atoms with van der Waals surface area (Å²) in [5, 5.41) is 2.58. The fourth-order valence-electron chi connectivity index (χ4n) is 2.97. The second-order valence-electron chi connectivity index (χ2n) is 6.36. The lowest BCUT2D eigenvalue weighted by Gasteiger charge is -2.23. The number of hydrogen-bond donors (Lipinski definition) is 1. The van der Waals surface area contributed by atoms with Crippen molar-refractivity contribution in [3.05, 3.63) is 84.4 Å². The van der Waals surface area contributed by atoms with Crippen LogP contribution in [0.3, 0.4) is 0 Å². The lowest BCUT2D eigenvalue weighted by atomic mass is 10.2. The van der Waals surface area contributed by atoms with Crippen LogP contribution in [-0.4, -0.2) is 26.6 Å². The standard InChI is InChI=1S/C22H20F2N2O3S2/c1-2-26(17-10-4-3-5-11-17)31(28,29)18-12-8-9-16(15-18)21(27)25-19-13-6-7-14-20(19)30-22(23)24/h3-15,22H,2H2,1H3,(H,25,27). The summed E-state index contributed by atoms with van der Waals surface area (Å²) in [5.41, 5.74) is 0.838. The summed E-state index contributed by atoms with van der Waals surface area (Å²) in [7, 11) is -3.91. The van der Waals surface area contributed by atoms with Gasteiger partial charge in [0.2, 0.25) is 0 Å². The maximum Gasteiger partial charge on any atom is 0.288 e. The minimum Gasteiger partial charge on any atom is -0.321 e. The highest BCUT2D eigenvalue weighted by Gasteiger charge is 2.24. The summed E-state index contributed by atoms with van der Waals surface area (Å²) in [6.07, 6.45) is 0. The summed E-state index contributed by atoms with van der Waals surface area (Å²) in [5.74, 6) is -3.23. The molecule has 0 aliphatic heterocycles.